The van der Waals surface area contributed by atoms with E-state index < -0.39 is 5.97 Å². The maximum absolute atomic E-state index is 11.9. The molecule has 3 rings (SSSR count). The van der Waals surface area contributed by atoms with Crippen molar-refractivity contribution in [2.75, 3.05) is 0 Å². The van der Waals surface area contributed by atoms with E-state index in [0.29, 0.717) is 15.8 Å². The lowest BCUT2D eigenvalue weighted by atomic mass is 10.2. The van der Waals surface area contributed by atoms with Gasteiger partial charge in [-0.3, -0.25) is 4.79 Å². The zero-order chi connectivity index (χ0) is 14.3. The summed E-state index contributed by atoms with van der Waals surface area (Å²) in [5.41, 5.74) is 0.0179. The summed E-state index contributed by atoms with van der Waals surface area (Å²) in [6.07, 6.45) is 0. The van der Waals surface area contributed by atoms with Crippen molar-refractivity contribution >= 4 is 28.2 Å². The Bertz CT molecular complexity index is 881. The molecule has 100 valence electrons. The lowest BCUT2D eigenvalue weighted by Gasteiger charge is -2.01. The van der Waals surface area contributed by atoms with Crippen LogP contribution < -0.4 is 5.56 Å². The van der Waals surface area contributed by atoms with Gasteiger partial charge in [-0.05, 0) is 24.3 Å². The molecule has 1 aromatic carbocycles. The van der Waals surface area contributed by atoms with Crippen LogP contribution in [0.1, 0.15) is 9.67 Å². The van der Waals surface area contributed by atoms with Gasteiger partial charge in [0.15, 0.2) is 5.82 Å². The molecule has 2 heterocycles. The summed E-state index contributed by atoms with van der Waals surface area (Å²) in [5, 5.41) is 18.7. The van der Waals surface area contributed by atoms with Crippen molar-refractivity contribution in [1.82, 2.24) is 9.97 Å². The molecule has 3 aromatic rings. The maximum Gasteiger partial charge on any atom is 0.345 e. The van der Waals surface area contributed by atoms with E-state index in [4.69, 9.17) is 5.11 Å². The number of aromatic hydroxyl groups is 1. The van der Waals surface area contributed by atoms with E-state index in [0.717, 1.165) is 11.3 Å². The van der Waals surface area contributed by atoms with Gasteiger partial charge in [0.25, 0.3) is 5.56 Å². The first-order chi connectivity index (χ1) is 9.54. The first-order valence-corrected chi connectivity index (χ1v) is 6.43. The zero-order valence-corrected chi connectivity index (χ0v) is 10.8. The summed E-state index contributed by atoms with van der Waals surface area (Å²) in [5.74, 6) is -0.730. The normalized spacial score (nSPS) is 10.8. The Morgan fingerprint density at radius 3 is 2.75 bits per heavy atom. The van der Waals surface area contributed by atoms with Gasteiger partial charge in [0, 0.05) is 6.07 Å². The standard InChI is InChI=1S/C13H8N2O4S/c16-6-1-2-7-8(5-6)14-11(15-12(7)17)9-3-4-10(20-9)13(18)19/h1-5,16H,(H,18,19)(H,14,15,17). The fourth-order valence-electron chi connectivity index (χ4n) is 1.82. The van der Waals surface area contributed by atoms with Gasteiger partial charge in [0.1, 0.15) is 10.6 Å². The van der Waals surface area contributed by atoms with Crippen LogP contribution in [0.15, 0.2) is 35.1 Å². The number of nitrogens with one attached hydrogen (secondary N) is 1. The number of carbonyl (C=O) groups is 1. The molecule has 20 heavy (non-hydrogen) atoms. The van der Waals surface area contributed by atoms with Crippen molar-refractivity contribution in [3.8, 4) is 16.5 Å². The smallest absolute Gasteiger partial charge is 0.345 e. The third-order valence-corrected chi connectivity index (χ3v) is 3.82. The number of fused-ring (bicyclic) bond motifs is 1. The molecule has 3 N–H and O–H groups in total. The average Bonchev–Trinajstić information content (AvgIpc) is 2.87. The summed E-state index contributed by atoms with van der Waals surface area (Å²) in [4.78, 5) is 30.4. The number of carboxylic acids is 1. The molecule has 0 amide bonds. The number of thiophene rings is 1. The molecule has 0 aliphatic rings. The molecular weight excluding hydrogens is 280 g/mol. The number of rotatable bonds is 2. The van der Waals surface area contributed by atoms with E-state index in [9.17, 15) is 14.7 Å². The van der Waals surface area contributed by atoms with Crippen LogP contribution in [0.2, 0.25) is 0 Å². The molecule has 2 aromatic heterocycles. The van der Waals surface area contributed by atoms with E-state index in [1.54, 1.807) is 6.07 Å². The highest BCUT2D eigenvalue weighted by molar-refractivity contribution is 7.17. The zero-order valence-electron chi connectivity index (χ0n) is 9.95. The Morgan fingerprint density at radius 2 is 2.05 bits per heavy atom. The van der Waals surface area contributed by atoms with Gasteiger partial charge in [-0.25, -0.2) is 9.78 Å². The number of aromatic nitrogens is 2. The summed E-state index contributed by atoms with van der Waals surface area (Å²) in [6.45, 7) is 0. The minimum absolute atomic E-state index is 0.0129. The number of carboxylic acid groups (broad SMARTS) is 1. The van der Waals surface area contributed by atoms with Crippen LogP contribution in [0.25, 0.3) is 21.6 Å². The van der Waals surface area contributed by atoms with Crippen molar-refractivity contribution in [3.63, 3.8) is 0 Å². The average molecular weight is 288 g/mol. The molecule has 7 heteroatoms. The minimum Gasteiger partial charge on any atom is -0.508 e. The van der Waals surface area contributed by atoms with E-state index in [-0.39, 0.29) is 22.0 Å². The minimum atomic E-state index is -1.03. The Balaban J connectivity index is 2.20. The molecule has 6 nitrogen and oxygen atoms in total. The van der Waals surface area contributed by atoms with Gasteiger partial charge in [0.05, 0.1) is 15.8 Å². The second-order valence-electron chi connectivity index (χ2n) is 4.09. The van der Waals surface area contributed by atoms with Crippen LogP contribution in [0.3, 0.4) is 0 Å². The molecule has 0 atom stereocenters. The first-order valence-electron chi connectivity index (χ1n) is 5.61. The van der Waals surface area contributed by atoms with Crippen LogP contribution >= 0.6 is 11.3 Å². The maximum atomic E-state index is 11.9. The second-order valence-corrected chi connectivity index (χ2v) is 5.17. The third kappa shape index (κ3) is 2.04. The molecule has 0 saturated heterocycles. The number of phenolic OH excluding ortho intramolecular Hbond substituents is 1. The van der Waals surface area contributed by atoms with Crippen LogP contribution in [0.5, 0.6) is 5.75 Å². The van der Waals surface area contributed by atoms with Gasteiger partial charge in [-0.2, -0.15) is 0 Å². The summed E-state index contributed by atoms with van der Waals surface area (Å²) in [7, 11) is 0. The largest absolute Gasteiger partial charge is 0.508 e. The van der Waals surface area contributed by atoms with Gasteiger partial charge < -0.3 is 15.2 Å². The van der Waals surface area contributed by atoms with Crippen molar-refractivity contribution in [2.24, 2.45) is 0 Å². The van der Waals surface area contributed by atoms with E-state index in [2.05, 4.69) is 9.97 Å². The lowest BCUT2D eigenvalue weighted by molar-refractivity contribution is 0.0702. The Hall–Kier alpha value is -2.67. The predicted molar refractivity (Wildman–Crippen MR) is 74.3 cm³/mol. The molecule has 0 radical (unpaired) electrons. The van der Waals surface area contributed by atoms with Crippen molar-refractivity contribution in [1.29, 1.82) is 0 Å². The highest BCUT2D eigenvalue weighted by atomic mass is 32.1. The number of H-pyrrole nitrogens is 1. The molecule has 0 aliphatic carbocycles. The third-order valence-electron chi connectivity index (χ3n) is 2.74. The Kier molecular flexibility index (Phi) is 2.76. The molecular formula is C13H8N2O4S. The number of hydrogen-bond acceptors (Lipinski definition) is 5. The van der Waals surface area contributed by atoms with Crippen molar-refractivity contribution < 1.29 is 15.0 Å². The highest BCUT2D eigenvalue weighted by Gasteiger charge is 2.11. The van der Waals surface area contributed by atoms with Crippen LogP contribution in [-0.2, 0) is 0 Å². The SMILES string of the molecule is O=C(O)c1ccc(-c2nc3cc(O)ccc3c(=O)[nH]2)s1. The van der Waals surface area contributed by atoms with Crippen LogP contribution in [0.4, 0.5) is 0 Å². The van der Waals surface area contributed by atoms with E-state index in [1.165, 1.54) is 24.3 Å². The number of hydrogen-bond donors (Lipinski definition) is 3. The van der Waals surface area contributed by atoms with Gasteiger partial charge in [-0.1, -0.05) is 0 Å². The fraction of sp³-hybridized carbons (Fsp3) is 0. The monoisotopic (exact) mass is 288 g/mol. The Labute approximate surface area is 116 Å². The molecule has 0 bridgehead atoms. The topological polar surface area (TPSA) is 103 Å². The summed E-state index contributed by atoms with van der Waals surface area (Å²) < 4.78 is 0. The van der Waals surface area contributed by atoms with Crippen LogP contribution in [-0.4, -0.2) is 26.2 Å². The molecule has 0 unspecified atom stereocenters. The van der Waals surface area contributed by atoms with E-state index >= 15 is 0 Å². The predicted octanol–water partition coefficient (Wildman–Crippen LogP) is 2.06. The van der Waals surface area contributed by atoms with Gasteiger partial charge >= 0.3 is 5.97 Å². The summed E-state index contributed by atoms with van der Waals surface area (Å²) in [6, 6.07) is 7.32. The van der Waals surface area contributed by atoms with Crippen molar-refractivity contribution in [3.05, 3.63) is 45.6 Å². The Morgan fingerprint density at radius 1 is 1.25 bits per heavy atom. The van der Waals surface area contributed by atoms with Gasteiger partial charge in [-0.15, -0.1) is 11.3 Å². The van der Waals surface area contributed by atoms with Crippen LogP contribution in [0, 0.1) is 0 Å². The first kappa shape index (κ1) is 12.4. The fourth-order valence-corrected chi connectivity index (χ4v) is 2.61. The number of nitrogens with zero attached hydrogens (tertiary/aromatic N) is 1. The molecule has 0 spiro atoms. The van der Waals surface area contributed by atoms with E-state index in [1.807, 2.05) is 0 Å². The number of aromatic amines is 1. The molecule has 0 saturated carbocycles. The number of aromatic carboxylic acids is 1. The quantitative estimate of drug-likeness (QED) is 0.669. The number of phenols is 1. The second kappa shape index (κ2) is 4.46. The van der Waals surface area contributed by atoms with Gasteiger partial charge in [0.2, 0.25) is 0 Å². The summed E-state index contributed by atoms with van der Waals surface area (Å²) >= 11 is 1.02. The van der Waals surface area contributed by atoms with Crippen molar-refractivity contribution in [2.45, 2.75) is 0 Å². The number of benzene rings is 1. The molecule has 0 aliphatic heterocycles. The molecule has 0 fully saturated rings. The lowest BCUT2D eigenvalue weighted by Crippen LogP contribution is -2.08. The highest BCUT2D eigenvalue weighted by Crippen LogP contribution is 2.26.